The Bertz CT molecular complexity index is 730. The Morgan fingerprint density at radius 2 is 1.78 bits per heavy atom. The maximum absolute atomic E-state index is 11.8. The summed E-state index contributed by atoms with van der Waals surface area (Å²) in [6, 6.07) is 14.9. The average molecular weight is 349 g/mol. The van der Waals surface area contributed by atoms with Gasteiger partial charge in [0, 0.05) is 11.4 Å². The molecule has 23 heavy (non-hydrogen) atoms. The van der Waals surface area contributed by atoms with E-state index in [9.17, 15) is 14.7 Å². The van der Waals surface area contributed by atoms with E-state index in [1.54, 1.807) is 19.1 Å². The van der Waals surface area contributed by atoms with Gasteiger partial charge in [-0.15, -0.1) is 0 Å². The molecular formula is C18H17ClO3S. The number of hydrogen-bond donors (Lipinski definition) is 1. The second-order valence-electron chi connectivity index (χ2n) is 5.23. The summed E-state index contributed by atoms with van der Waals surface area (Å²) in [5, 5.41) is 9.77. The van der Waals surface area contributed by atoms with Crippen LogP contribution in [-0.2, 0) is 14.3 Å². The SMILES string of the molecule is CCC(=O)SC(C)(C(=O)O)c1ccc(-c2ccccc2)cc1Cl. The fraction of sp³-hybridized carbons (Fsp3) is 0.222. The highest BCUT2D eigenvalue weighted by atomic mass is 35.5. The van der Waals surface area contributed by atoms with E-state index in [4.69, 9.17) is 11.6 Å². The van der Waals surface area contributed by atoms with Gasteiger partial charge in [0.1, 0.15) is 4.75 Å². The summed E-state index contributed by atoms with van der Waals surface area (Å²) in [6.45, 7) is 3.22. The van der Waals surface area contributed by atoms with Gasteiger partial charge in [-0.2, -0.15) is 0 Å². The Labute approximate surface area is 144 Å². The first-order chi connectivity index (χ1) is 10.9. The molecular weight excluding hydrogens is 332 g/mol. The van der Waals surface area contributed by atoms with Crippen molar-refractivity contribution in [2.24, 2.45) is 0 Å². The molecule has 0 amide bonds. The molecule has 1 unspecified atom stereocenters. The van der Waals surface area contributed by atoms with E-state index in [1.165, 1.54) is 6.92 Å². The van der Waals surface area contributed by atoms with Gasteiger partial charge < -0.3 is 5.11 Å². The molecule has 3 nitrogen and oxygen atoms in total. The Morgan fingerprint density at radius 1 is 1.13 bits per heavy atom. The predicted molar refractivity (Wildman–Crippen MR) is 94.8 cm³/mol. The van der Waals surface area contributed by atoms with E-state index in [1.807, 2.05) is 36.4 Å². The summed E-state index contributed by atoms with van der Waals surface area (Å²) in [6.07, 6.45) is 0.271. The molecule has 1 atom stereocenters. The molecule has 0 bridgehead atoms. The highest BCUT2D eigenvalue weighted by Crippen LogP contribution is 2.42. The largest absolute Gasteiger partial charge is 0.480 e. The molecule has 2 aromatic rings. The number of rotatable bonds is 5. The first kappa shape index (κ1) is 17.6. The van der Waals surface area contributed by atoms with Crippen LogP contribution in [0.3, 0.4) is 0 Å². The summed E-state index contributed by atoms with van der Waals surface area (Å²) in [5.74, 6) is -1.08. The highest BCUT2D eigenvalue weighted by Gasteiger charge is 2.39. The number of hydrogen-bond acceptors (Lipinski definition) is 3. The molecule has 120 valence electrons. The quantitative estimate of drug-likeness (QED) is 0.828. The summed E-state index contributed by atoms with van der Waals surface area (Å²) >= 11 is 7.15. The van der Waals surface area contributed by atoms with Crippen molar-refractivity contribution in [2.45, 2.75) is 25.0 Å². The van der Waals surface area contributed by atoms with Crippen LogP contribution in [0.1, 0.15) is 25.8 Å². The van der Waals surface area contributed by atoms with E-state index in [2.05, 4.69) is 0 Å². The van der Waals surface area contributed by atoms with Crippen LogP contribution in [0.4, 0.5) is 0 Å². The molecule has 0 aliphatic rings. The van der Waals surface area contributed by atoms with Crippen LogP contribution in [0.5, 0.6) is 0 Å². The lowest BCUT2D eigenvalue weighted by atomic mass is 9.96. The number of aliphatic carboxylic acids is 1. The van der Waals surface area contributed by atoms with Gasteiger partial charge in [0.25, 0.3) is 0 Å². The number of benzene rings is 2. The Hall–Kier alpha value is -1.78. The first-order valence-corrected chi connectivity index (χ1v) is 8.38. The lowest BCUT2D eigenvalue weighted by molar-refractivity contribution is -0.139. The molecule has 0 heterocycles. The van der Waals surface area contributed by atoms with Crippen molar-refractivity contribution in [3.05, 3.63) is 59.1 Å². The van der Waals surface area contributed by atoms with Crippen LogP contribution in [0.15, 0.2) is 48.5 Å². The molecule has 2 aromatic carbocycles. The van der Waals surface area contributed by atoms with Crippen LogP contribution in [-0.4, -0.2) is 16.2 Å². The standard InChI is InChI=1S/C18H17ClO3S/c1-3-16(20)23-18(2,17(21)22)14-10-9-13(11-15(14)19)12-7-5-4-6-8-12/h4-11H,3H2,1-2H3,(H,21,22). The molecule has 0 aliphatic heterocycles. The van der Waals surface area contributed by atoms with Crippen molar-refractivity contribution in [1.82, 2.24) is 0 Å². The molecule has 2 rings (SSSR count). The number of thioether (sulfide) groups is 1. The van der Waals surface area contributed by atoms with Crippen molar-refractivity contribution in [2.75, 3.05) is 0 Å². The van der Waals surface area contributed by atoms with Crippen molar-refractivity contribution < 1.29 is 14.7 Å². The Morgan fingerprint density at radius 3 is 2.30 bits per heavy atom. The number of carboxylic acid groups (broad SMARTS) is 1. The van der Waals surface area contributed by atoms with Crippen LogP contribution in [0.25, 0.3) is 11.1 Å². The van der Waals surface area contributed by atoms with E-state index >= 15 is 0 Å². The third-order valence-electron chi connectivity index (χ3n) is 3.60. The second-order valence-corrected chi connectivity index (χ2v) is 7.11. The average Bonchev–Trinajstić information content (AvgIpc) is 2.55. The van der Waals surface area contributed by atoms with Gasteiger partial charge in [-0.25, -0.2) is 0 Å². The smallest absolute Gasteiger partial charge is 0.324 e. The van der Waals surface area contributed by atoms with Crippen molar-refractivity contribution in [3.63, 3.8) is 0 Å². The number of carbonyl (C=O) groups excluding carboxylic acids is 1. The molecule has 0 fully saturated rings. The zero-order valence-corrected chi connectivity index (χ0v) is 14.4. The van der Waals surface area contributed by atoms with Gasteiger partial charge >= 0.3 is 5.97 Å². The molecule has 0 saturated carbocycles. The van der Waals surface area contributed by atoms with Gasteiger partial charge in [-0.3, -0.25) is 9.59 Å². The fourth-order valence-electron chi connectivity index (χ4n) is 2.23. The van der Waals surface area contributed by atoms with Crippen LogP contribution >= 0.6 is 23.4 Å². The van der Waals surface area contributed by atoms with Gasteiger partial charge in [0.2, 0.25) is 0 Å². The predicted octanol–water partition coefficient (Wildman–Crippen LogP) is 4.98. The van der Waals surface area contributed by atoms with Gasteiger partial charge in [0.05, 0.1) is 0 Å². The van der Waals surface area contributed by atoms with E-state index in [-0.39, 0.29) is 11.5 Å². The fourth-order valence-corrected chi connectivity index (χ4v) is 3.63. The summed E-state index contributed by atoms with van der Waals surface area (Å²) in [4.78, 5) is 23.5. The molecule has 0 saturated heterocycles. The van der Waals surface area contributed by atoms with Crippen molar-refractivity contribution in [1.29, 1.82) is 0 Å². The van der Waals surface area contributed by atoms with Crippen molar-refractivity contribution >= 4 is 34.4 Å². The zero-order chi connectivity index (χ0) is 17.0. The highest BCUT2D eigenvalue weighted by molar-refractivity contribution is 8.15. The molecule has 0 aromatic heterocycles. The zero-order valence-electron chi connectivity index (χ0n) is 12.9. The monoisotopic (exact) mass is 348 g/mol. The molecule has 1 N–H and O–H groups in total. The topological polar surface area (TPSA) is 54.4 Å². The number of halogens is 1. The Kier molecular flexibility index (Phi) is 5.50. The lowest BCUT2D eigenvalue weighted by Crippen LogP contribution is -2.30. The second kappa shape index (κ2) is 7.20. The number of carboxylic acids is 1. The molecule has 0 spiro atoms. The first-order valence-electron chi connectivity index (χ1n) is 7.19. The number of carbonyl (C=O) groups is 2. The van der Waals surface area contributed by atoms with Gasteiger partial charge in [0.15, 0.2) is 5.12 Å². The van der Waals surface area contributed by atoms with E-state index in [0.29, 0.717) is 10.6 Å². The van der Waals surface area contributed by atoms with Crippen molar-refractivity contribution in [3.8, 4) is 11.1 Å². The maximum atomic E-state index is 11.8. The molecule has 0 aliphatic carbocycles. The summed E-state index contributed by atoms with van der Waals surface area (Å²) in [5.41, 5.74) is 2.33. The van der Waals surface area contributed by atoms with Gasteiger partial charge in [-0.05, 0) is 29.7 Å². The Balaban J connectivity index is 2.46. The summed E-state index contributed by atoms with van der Waals surface area (Å²) < 4.78 is -1.40. The van der Waals surface area contributed by atoms with Crippen LogP contribution in [0.2, 0.25) is 5.02 Å². The third-order valence-corrected chi connectivity index (χ3v) is 5.24. The summed E-state index contributed by atoms with van der Waals surface area (Å²) in [7, 11) is 0. The lowest BCUT2D eigenvalue weighted by Gasteiger charge is -2.25. The minimum Gasteiger partial charge on any atom is -0.480 e. The maximum Gasteiger partial charge on any atom is 0.324 e. The minimum absolute atomic E-state index is 0.182. The van der Waals surface area contributed by atoms with E-state index in [0.717, 1.165) is 22.9 Å². The van der Waals surface area contributed by atoms with E-state index < -0.39 is 10.7 Å². The third kappa shape index (κ3) is 3.77. The molecule has 0 radical (unpaired) electrons. The normalized spacial score (nSPS) is 13.3. The van der Waals surface area contributed by atoms with Gasteiger partial charge in [-0.1, -0.05) is 72.8 Å². The molecule has 5 heteroatoms. The van der Waals surface area contributed by atoms with Crippen LogP contribution in [0, 0.1) is 0 Å². The van der Waals surface area contributed by atoms with Crippen LogP contribution < -0.4 is 0 Å². The minimum atomic E-state index is -1.40.